The standard InChI is InChI=1S/C14H11Cl2NS/c15-10-5-3-6-11(14(10)16)17-12-8-18-13-7-2-1-4-9(12)13/h1-7,12,17H,8H2. The Morgan fingerprint density at radius 1 is 1.06 bits per heavy atom. The van der Waals surface area contributed by atoms with Crippen LogP contribution >= 0.6 is 35.0 Å². The molecule has 1 nitrogen and oxygen atoms in total. The molecule has 92 valence electrons. The van der Waals surface area contributed by atoms with Crippen molar-refractivity contribution in [3.8, 4) is 0 Å². The number of nitrogens with one attached hydrogen (secondary N) is 1. The van der Waals surface area contributed by atoms with Gasteiger partial charge in [-0.1, -0.05) is 47.5 Å². The lowest BCUT2D eigenvalue weighted by molar-refractivity contribution is 0.900. The smallest absolute Gasteiger partial charge is 0.0823 e. The number of anilines is 1. The minimum Gasteiger partial charge on any atom is -0.376 e. The maximum Gasteiger partial charge on any atom is 0.0823 e. The van der Waals surface area contributed by atoms with Crippen molar-refractivity contribution >= 4 is 40.7 Å². The molecular formula is C14H11Cl2NS. The van der Waals surface area contributed by atoms with Crippen LogP contribution in [0.3, 0.4) is 0 Å². The molecule has 1 aliphatic heterocycles. The van der Waals surface area contributed by atoms with E-state index in [0.717, 1.165) is 11.4 Å². The van der Waals surface area contributed by atoms with Crippen LogP contribution in [0.2, 0.25) is 10.0 Å². The second-order valence-corrected chi connectivity index (χ2v) is 5.99. The minimum absolute atomic E-state index is 0.294. The fourth-order valence-corrected chi connectivity index (χ4v) is 3.60. The number of thioether (sulfide) groups is 1. The summed E-state index contributed by atoms with van der Waals surface area (Å²) in [7, 11) is 0. The van der Waals surface area contributed by atoms with Gasteiger partial charge in [-0.15, -0.1) is 11.8 Å². The third kappa shape index (κ3) is 2.20. The van der Waals surface area contributed by atoms with Gasteiger partial charge in [0.1, 0.15) is 0 Å². The van der Waals surface area contributed by atoms with Crippen LogP contribution in [0.15, 0.2) is 47.4 Å². The quantitative estimate of drug-likeness (QED) is 0.812. The first-order valence-corrected chi connectivity index (χ1v) is 7.42. The number of hydrogen-bond acceptors (Lipinski definition) is 2. The molecule has 0 spiro atoms. The lowest BCUT2D eigenvalue weighted by Crippen LogP contribution is -2.10. The number of rotatable bonds is 2. The van der Waals surface area contributed by atoms with Gasteiger partial charge in [-0.3, -0.25) is 0 Å². The Hall–Kier alpha value is -0.830. The average Bonchev–Trinajstić information content (AvgIpc) is 2.79. The summed E-state index contributed by atoms with van der Waals surface area (Å²) in [6.07, 6.45) is 0. The van der Waals surface area contributed by atoms with Gasteiger partial charge in [-0.25, -0.2) is 0 Å². The van der Waals surface area contributed by atoms with Crippen molar-refractivity contribution in [1.29, 1.82) is 0 Å². The van der Waals surface area contributed by atoms with Crippen molar-refractivity contribution in [2.75, 3.05) is 11.1 Å². The van der Waals surface area contributed by atoms with Crippen molar-refractivity contribution in [3.05, 3.63) is 58.1 Å². The van der Waals surface area contributed by atoms with E-state index >= 15 is 0 Å². The molecule has 1 aliphatic rings. The van der Waals surface area contributed by atoms with Crippen LogP contribution < -0.4 is 5.32 Å². The SMILES string of the molecule is Clc1cccc(NC2CSc3ccccc32)c1Cl. The third-order valence-corrected chi connectivity index (χ3v) is 4.98. The summed E-state index contributed by atoms with van der Waals surface area (Å²) in [6, 6.07) is 14.4. The fraction of sp³-hybridized carbons (Fsp3) is 0.143. The van der Waals surface area contributed by atoms with Crippen molar-refractivity contribution in [1.82, 2.24) is 0 Å². The van der Waals surface area contributed by atoms with Crippen LogP contribution in [-0.2, 0) is 0 Å². The van der Waals surface area contributed by atoms with Gasteiger partial charge >= 0.3 is 0 Å². The number of benzene rings is 2. The first-order valence-electron chi connectivity index (χ1n) is 5.68. The molecule has 1 atom stereocenters. The van der Waals surface area contributed by atoms with E-state index in [9.17, 15) is 0 Å². The molecule has 0 aliphatic carbocycles. The second kappa shape index (κ2) is 5.04. The zero-order valence-corrected chi connectivity index (χ0v) is 11.8. The maximum absolute atomic E-state index is 6.20. The highest BCUT2D eigenvalue weighted by Crippen LogP contribution is 2.41. The molecule has 1 heterocycles. The summed E-state index contributed by atoms with van der Waals surface area (Å²) in [5.41, 5.74) is 2.23. The van der Waals surface area contributed by atoms with Gasteiger partial charge in [0.25, 0.3) is 0 Å². The van der Waals surface area contributed by atoms with Crippen molar-refractivity contribution in [2.45, 2.75) is 10.9 Å². The minimum atomic E-state index is 0.294. The van der Waals surface area contributed by atoms with Crippen LogP contribution in [0.1, 0.15) is 11.6 Å². The molecule has 2 aromatic carbocycles. The molecule has 1 N–H and O–H groups in total. The Labute approximate surface area is 120 Å². The maximum atomic E-state index is 6.20. The molecule has 18 heavy (non-hydrogen) atoms. The van der Waals surface area contributed by atoms with Gasteiger partial charge in [0.15, 0.2) is 0 Å². The predicted molar refractivity (Wildman–Crippen MR) is 80.0 cm³/mol. The zero-order valence-electron chi connectivity index (χ0n) is 9.49. The molecule has 0 bridgehead atoms. The van der Waals surface area contributed by atoms with Crippen molar-refractivity contribution in [3.63, 3.8) is 0 Å². The lowest BCUT2D eigenvalue weighted by Gasteiger charge is -2.16. The van der Waals surface area contributed by atoms with E-state index in [-0.39, 0.29) is 0 Å². The first kappa shape index (κ1) is 12.2. The van der Waals surface area contributed by atoms with Crippen molar-refractivity contribution in [2.24, 2.45) is 0 Å². The van der Waals surface area contributed by atoms with Gasteiger partial charge in [0, 0.05) is 10.6 Å². The van der Waals surface area contributed by atoms with Gasteiger partial charge in [-0.05, 0) is 23.8 Å². The van der Waals surface area contributed by atoms with Crippen LogP contribution in [-0.4, -0.2) is 5.75 Å². The predicted octanol–water partition coefficient (Wildman–Crippen LogP) is 5.25. The van der Waals surface area contributed by atoms with E-state index in [1.165, 1.54) is 10.5 Å². The fourth-order valence-electron chi connectivity index (χ4n) is 2.09. The van der Waals surface area contributed by atoms with Crippen LogP contribution in [0.5, 0.6) is 0 Å². The Bertz CT molecular complexity index is 586. The van der Waals surface area contributed by atoms with Gasteiger partial charge in [0.05, 0.1) is 21.8 Å². The van der Waals surface area contributed by atoms with Gasteiger partial charge in [0.2, 0.25) is 0 Å². The number of halogens is 2. The lowest BCUT2D eigenvalue weighted by atomic mass is 10.1. The molecule has 0 aromatic heterocycles. The monoisotopic (exact) mass is 295 g/mol. The number of hydrogen-bond donors (Lipinski definition) is 1. The second-order valence-electron chi connectivity index (χ2n) is 4.15. The average molecular weight is 296 g/mol. The molecule has 0 saturated heterocycles. The highest BCUT2D eigenvalue weighted by atomic mass is 35.5. The van der Waals surface area contributed by atoms with E-state index in [2.05, 4.69) is 29.6 Å². The summed E-state index contributed by atoms with van der Waals surface area (Å²) in [5, 5.41) is 4.64. The molecule has 1 unspecified atom stereocenters. The normalized spacial score (nSPS) is 17.6. The molecule has 0 fully saturated rings. The van der Waals surface area contributed by atoms with E-state index in [1.54, 1.807) is 6.07 Å². The first-order chi connectivity index (χ1) is 8.75. The molecule has 0 amide bonds. The number of fused-ring (bicyclic) bond motifs is 1. The molecule has 2 aromatic rings. The highest BCUT2D eigenvalue weighted by Gasteiger charge is 2.23. The Morgan fingerprint density at radius 2 is 1.89 bits per heavy atom. The molecular weight excluding hydrogens is 285 g/mol. The van der Waals surface area contributed by atoms with Gasteiger partial charge in [-0.2, -0.15) is 0 Å². The van der Waals surface area contributed by atoms with E-state index in [4.69, 9.17) is 23.2 Å². The molecule has 3 rings (SSSR count). The van der Waals surface area contributed by atoms with E-state index < -0.39 is 0 Å². The third-order valence-electron chi connectivity index (χ3n) is 2.98. The summed E-state index contributed by atoms with van der Waals surface area (Å²) in [4.78, 5) is 1.34. The van der Waals surface area contributed by atoms with Crippen LogP contribution in [0.4, 0.5) is 5.69 Å². The van der Waals surface area contributed by atoms with Crippen molar-refractivity contribution < 1.29 is 0 Å². The van der Waals surface area contributed by atoms with Crippen LogP contribution in [0.25, 0.3) is 0 Å². The van der Waals surface area contributed by atoms with Crippen LogP contribution in [0, 0.1) is 0 Å². The van der Waals surface area contributed by atoms with E-state index in [1.807, 2.05) is 23.9 Å². The van der Waals surface area contributed by atoms with E-state index in [0.29, 0.717) is 16.1 Å². The largest absolute Gasteiger partial charge is 0.376 e. The summed E-state index contributed by atoms with van der Waals surface area (Å²) in [5.74, 6) is 1.02. The highest BCUT2D eigenvalue weighted by molar-refractivity contribution is 7.99. The molecule has 0 radical (unpaired) electrons. The summed E-state index contributed by atoms with van der Waals surface area (Å²) < 4.78 is 0. The Morgan fingerprint density at radius 3 is 2.78 bits per heavy atom. The Balaban J connectivity index is 1.89. The molecule has 0 saturated carbocycles. The summed E-state index contributed by atoms with van der Waals surface area (Å²) in [6.45, 7) is 0. The zero-order chi connectivity index (χ0) is 12.5. The summed E-state index contributed by atoms with van der Waals surface area (Å²) >= 11 is 14.1. The Kier molecular flexibility index (Phi) is 3.42. The molecule has 4 heteroatoms. The topological polar surface area (TPSA) is 12.0 Å². The van der Waals surface area contributed by atoms with Gasteiger partial charge < -0.3 is 5.32 Å².